The van der Waals surface area contributed by atoms with E-state index >= 15 is 0 Å². The number of halogens is 2. The van der Waals surface area contributed by atoms with Crippen molar-refractivity contribution in [1.29, 1.82) is 0 Å². The Hall–Kier alpha value is -3.06. The quantitative estimate of drug-likeness (QED) is 0.131. The molecule has 0 aliphatic carbocycles. The second kappa shape index (κ2) is 15.4. The first-order valence-electron chi connectivity index (χ1n) is 14.6. The normalized spacial score (nSPS) is 13.8. The number of benzene rings is 3. The van der Waals surface area contributed by atoms with Gasteiger partial charge in [-0.05, 0) is 67.3 Å². The zero-order chi connectivity index (χ0) is 30.8. The molecule has 42 heavy (non-hydrogen) atoms. The van der Waals surface area contributed by atoms with Crippen LogP contribution in [-0.4, -0.2) is 30.6 Å². The van der Waals surface area contributed by atoms with E-state index in [0.29, 0.717) is 24.3 Å². The maximum Gasteiger partial charge on any atom is 0.402 e. The summed E-state index contributed by atoms with van der Waals surface area (Å²) in [4.78, 5) is 24.3. The predicted octanol–water partition coefficient (Wildman–Crippen LogP) is 9.42. The molecule has 0 aliphatic rings. The van der Waals surface area contributed by atoms with Crippen LogP contribution in [0.15, 0.2) is 72.8 Å². The molecule has 1 N–H and O–H groups in total. The number of hydrogen-bond acceptors (Lipinski definition) is 4. The molecule has 0 radical (unpaired) electrons. The summed E-state index contributed by atoms with van der Waals surface area (Å²) in [5.74, 6) is 0.502. The van der Waals surface area contributed by atoms with Gasteiger partial charge < -0.3 is 19.1 Å². The van der Waals surface area contributed by atoms with Gasteiger partial charge in [-0.2, -0.15) is 8.78 Å². The predicted molar refractivity (Wildman–Crippen MR) is 164 cm³/mol. The van der Waals surface area contributed by atoms with E-state index in [0.717, 1.165) is 35.4 Å². The number of carbonyl (C=O) groups excluding carboxylic acids is 1. The minimum Gasteiger partial charge on any atom is -0.494 e. The summed E-state index contributed by atoms with van der Waals surface area (Å²) in [7, 11) is -3.72. The maximum atomic E-state index is 14.8. The third-order valence-corrected chi connectivity index (χ3v) is 8.86. The number of rotatable bonds is 16. The molecule has 3 aromatic rings. The third-order valence-electron chi connectivity index (χ3n) is 7.25. The van der Waals surface area contributed by atoms with Gasteiger partial charge in [0.2, 0.25) is 0 Å². The second-order valence-corrected chi connectivity index (χ2v) is 12.3. The first-order chi connectivity index (χ1) is 20.0. The smallest absolute Gasteiger partial charge is 0.402 e. The van der Waals surface area contributed by atoms with E-state index in [-0.39, 0.29) is 5.91 Å². The third kappa shape index (κ3) is 8.73. The van der Waals surface area contributed by atoms with Gasteiger partial charge >= 0.3 is 13.3 Å². The van der Waals surface area contributed by atoms with E-state index in [1.165, 1.54) is 63.1 Å². The van der Waals surface area contributed by atoms with Crippen LogP contribution in [0.2, 0.25) is 0 Å². The molecule has 3 rings (SSSR count). The van der Waals surface area contributed by atoms with Crippen LogP contribution in [0.5, 0.6) is 5.75 Å². The Morgan fingerprint density at radius 1 is 0.881 bits per heavy atom. The molecule has 0 saturated heterocycles. The summed E-state index contributed by atoms with van der Waals surface area (Å²) >= 11 is 0. The molecule has 1 amide bonds. The number of anilines is 1. The highest BCUT2D eigenvalue weighted by Crippen LogP contribution is 2.63. The number of alkyl halides is 2. The van der Waals surface area contributed by atoms with Crippen molar-refractivity contribution in [2.24, 2.45) is 0 Å². The Labute approximate surface area is 248 Å². The minimum absolute atomic E-state index is 0.314. The lowest BCUT2D eigenvalue weighted by Gasteiger charge is -2.25. The average molecular weight is 602 g/mol. The fourth-order valence-corrected chi connectivity index (χ4v) is 5.61. The molecule has 0 aromatic heterocycles. The van der Waals surface area contributed by atoms with Crippen molar-refractivity contribution >= 4 is 19.2 Å². The Morgan fingerprint density at radius 3 is 2.00 bits per heavy atom. The number of carbonyl (C=O) groups is 1. The van der Waals surface area contributed by atoms with Gasteiger partial charge in [-0.3, -0.25) is 9.36 Å². The van der Waals surface area contributed by atoms with Crippen LogP contribution in [0, 0.1) is 0 Å². The van der Waals surface area contributed by atoms with E-state index < -0.39 is 24.9 Å². The molecule has 0 bridgehead atoms. The first-order valence-corrected chi connectivity index (χ1v) is 16.2. The monoisotopic (exact) mass is 601 g/mol. The van der Waals surface area contributed by atoms with Crippen molar-refractivity contribution in [2.75, 3.05) is 18.6 Å². The molecule has 0 spiro atoms. The molecule has 3 aromatic carbocycles. The largest absolute Gasteiger partial charge is 0.494 e. The summed E-state index contributed by atoms with van der Waals surface area (Å²) in [6.07, 6.45) is 6.81. The molecule has 0 fully saturated rings. The Morgan fingerprint density at radius 2 is 1.43 bits per heavy atom. The van der Waals surface area contributed by atoms with E-state index in [2.05, 4.69) is 6.92 Å². The molecule has 0 aliphatic heterocycles. The van der Waals surface area contributed by atoms with E-state index in [1.54, 1.807) is 19.1 Å². The molecule has 0 saturated carbocycles. The first kappa shape index (κ1) is 33.4. The SMILES string of the molecule is CCCCCCCCOc1ccc(-c2ccc(C(=O)N(C)c3ccc(C(F)(F)P(=O)(O)OC(C)CC)cc3)cc2)cc1. The molecular weight excluding hydrogens is 559 g/mol. The van der Waals surface area contributed by atoms with Gasteiger partial charge in [-0.15, -0.1) is 0 Å². The average Bonchev–Trinajstić information content (AvgIpc) is 3.00. The molecule has 6 nitrogen and oxygen atoms in total. The summed E-state index contributed by atoms with van der Waals surface area (Å²) < 4.78 is 52.4. The Bertz CT molecular complexity index is 1310. The van der Waals surface area contributed by atoms with Crippen LogP contribution in [0.25, 0.3) is 11.1 Å². The van der Waals surface area contributed by atoms with Gasteiger partial charge in [0.1, 0.15) is 5.75 Å². The lowest BCUT2D eigenvalue weighted by atomic mass is 10.0. The topological polar surface area (TPSA) is 76.1 Å². The van der Waals surface area contributed by atoms with Gasteiger partial charge in [-0.25, -0.2) is 0 Å². The van der Waals surface area contributed by atoms with Crippen LogP contribution < -0.4 is 9.64 Å². The van der Waals surface area contributed by atoms with Crippen LogP contribution in [-0.2, 0) is 14.8 Å². The van der Waals surface area contributed by atoms with Crippen molar-refractivity contribution < 1.29 is 32.3 Å². The summed E-state index contributed by atoms with van der Waals surface area (Å²) in [5, 5.41) is 0. The lowest BCUT2D eigenvalue weighted by Crippen LogP contribution is -2.26. The number of unbranched alkanes of at least 4 members (excludes halogenated alkanes) is 5. The van der Waals surface area contributed by atoms with Crippen molar-refractivity contribution in [1.82, 2.24) is 0 Å². The highest BCUT2D eigenvalue weighted by atomic mass is 31.2. The summed E-state index contributed by atoms with van der Waals surface area (Å²) in [6.45, 7) is 6.04. The van der Waals surface area contributed by atoms with Crippen molar-refractivity contribution in [2.45, 2.75) is 77.5 Å². The molecule has 2 unspecified atom stereocenters. The van der Waals surface area contributed by atoms with Gasteiger partial charge in [0.05, 0.1) is 12.7 Å². The molecule has 0 heterocycles. The number of ether oxygens (including phenoxy) is 1. The van der Waals surface area contributed by atoms with E-state index in [4.69, 9.17) is 9.26 Å². The standard InChI is InChI=1S/C33H42F2NO5P/c1-5-7-8-9-10-11-24-40-31-22-16-27(17-23-31)26-12-14-28(15-13-26)32(37)36(4)30-20-18-29(19-21-30)33(34,35)42(38,39)41-25(3)6-2/h12-23,25H,5-11,24H2,1-4H3,(H,38,39). The fraction of sp³-hybridized carbons (Fsp3) is 0.424. The highest BCUT2D eigenvalue weighted by molar-refractivity contribution is 7.53. The van der Waals surface area contributed by atoms with Gasteiger partial charge in [0, 0.05) is 23.9 Å². The van der Waals surface area contributed by atoms with Crippen molar-refractivity contribution in [3.8, 4) is 16.9 Å². The van der Waals surface area contributed by atoms with Gasteiger partial charge in [0.15, 0.2) is 0 Å². The molecule has 9 heteroatoms. The lowest BCUT2D eigenvalue weighted by molar-refractivity contribution is 0.0347. The van der Waals surface area contributed by atoms with Crippen molar-refractivity contribution in [3.05, 3.63) is 83.9 Å². The van der Waals surface area contributed by atoms with Crippen molar-refractivity contribution in [3.63, 3.8) is 0 Å². The van der Waals surface area contributed by atoms with Crippen LogP contribution in [0.1, 0.15) is 81.6 Å². The molecule has 228 valence electrons. The summed E-state index contributed by atoms with van der Waals surface area (Å²) in [6, 6.07) is 19.7. The Balaban J connectivity index is 1.59. The number of amides is 1. The molecular formula is C33H42F2NO5P. The van der Waals surface area contributed by atoms with Crippen LogP contribution in [0.3, 0.4) is 0 Å². The minimum atomic E-state index is -5.26. The van der Waals surface area contributed by atoms with Gasteiger partial charge in [0.25, 0.3) is 5.91 Å². The molecule has 2 atom stereocenters. The van der Waals surface area contributed by atoms with Crippen LogP contribution in [0.4, 0.5) is 14.5 Å². The van der Waals surface area contributed by atoms with Gasteiger partial charge in [-0.1, -0.05) is 82.3 Å². The number of nitrogens with zero attached hydrogens (tertiary/aromatic N) is 1. The van der Waals surface area contributed by atoms with Crippen LogP contribution >= 0.6 is 7.60 Å². The summed E-state index contributed by atoms with van der Waals surface area (Å²) in [5.41, 5.74) is -2.04. The Kier molecular flexibility index (Phi) is 12.3. The second-order valence-electron chi connectivity index (χ2n) is 10.5. The highest BCUT2D eigenvalue weighted by Gasteiger charge is 2.53. The maximum absolute atomic E-state index is 14.8. The zero-order valence-electron chi connectivity index (χ0n) is 24.9. The zero-order valence-corrected chi connectivity index (χ0v) is 25.8. The fourth-order valence-electron chi connectivity index (χ4n) is 4.37. The van der Waals surface area contributed by atoms with E-state index in [1.807, 2.05) is 36.4 Å². The number of hydrogen-bond donors (Lipinski definition) is 1. The van der Waals surface area contributed by atoms with E-state index in [9.17, 15) is 23.0 Å².